The molecule has 1 N–H and O–H groups in total. The maximum Gasteiger partial charge on any atom is 0.256 e. The van der Waals surface area contributed by atoms with Gasteiger partial charge in [-0.1, -0.05) is 56.8 Å². The number of hydrogen-bond donors (Lipinski definition) is 1. The molecule has 3 heterocycles. The lowest BCUT2D eigenvalue weighted by Gasteiger charge is -2.34. The second kappa shape index (κ2) is 14.7. The summed E-state index contributed by atoms with van der Waals surface area (Å²) in [6.45, 7) is 13.0. The molecule has 41 heavy (non-hydrogen) atoms. The van der Waals surface area contributed by atoms with E-state index in [1.807, 2.05) is 46.3 Å². The van der Waals surface area contributed by atoms with Gasteiger partial charge >= 0.3 is 0 Å². The second-order valence-corrected chi connectivity index (χ2v) is 11.3. The third-order valence-corrected chi connectivity index (χ3v) is 8.22. The molecule has 9 heteroatoms. The van der Waals surface area contributed by atoms with E-state index in [2.05, 4.69) is 41.1 Å². The molecule has 216 valence electrons. The normalized spacial score (nSPS) is 17.6. The smallest absolute Gasteiger partial charge is 0.256 e. The van der Waals surface area contributed by atoms with E-state index in [1.165, 1.54) is 20.9 Å². The van der Waals surface area contributed by atoms with Gasteiger partial charge in [-0.2, -0.15) is 5.26 Å². The van der Waals surface area contributed by atoms with Crippen molar-refractivity contribution in [3.8, 4) is 16.5 Å². The molecular weight excluding hydrogens is 534 g/mol. The number of hydrogen-bond acceptors (Lipinski definition) is 7. The Balaban J connectivity index is 0.000000260. The topological polar surface area (TPSA) is 106 Å². The highest BCUT2D eigenvalue weighted by Gasteiger charge is 2.43. The molecule has 1 saturated heterocycles. The molecule has 2 aliphatic rings. The van der Waals surface area contributed by atoms with Gasteiger partial charge in [0.2, 0.25) is 5.91 Å². The van der Waals surface area contributed by atoms with Gasteiger partial charge in [0.25, 0.3) is 5.91 Å². The van der Waals surface area contributed by atoms with Crippen LogP contribution in [0, 0.1) is 24.2 Å². The van der Waals surface area contributed by atoms with Crippen LogP contribution in [0.3, 0.4) is 0 Å². The number of carbonyl (C=O) groups excluding carboxylic acids is 3. The van der Waals surface area contributed by atoms with Crippen molar-refractivity contribution in [2.45, 2.75) is 59.2 Å². The molecule has 0 saturated carbocycles. The fourth-order valence-electron chi connectivity index (χ4n) is 5.27. The highest BCUT2D eigenvalue weighted by atomic mass is 32.1. The molecule has 0 spiro atoms. The van der Waals surface area contributed by atoms with Crippen molar-refractivity contribution in [3.63, 3.8) is 0 Å². The van der Waals surface area contributed by atoms with Gasteiger partial charge < -0.3 is 19.9 Å². The zero-order valence-electron chi connectivity index (χ0n) is 24.5. The molecule has 2 aromatic rings. The fraction of sp³-hybridized carbons (Fsp3) is 0.406. The van der Waals surface area contributed by atoms with E-state index in [1.54, 1.807) is 28.4 Å². The van der Waals surface area contributed by atoms with Crippen molar-refractivity contribution >= 4 is 29.4 Å². The van der Waals surface area contributed by atoms with Gasteiger partial charge in [-0.05, 0) is 56.4 Å². The number of allylic oxidation sites excluding steroid dienone is 1. The maximum atomic E-state index is 13.1. The number of thiazole rings is 1. The molecular formula is C32H39N5O3S. The molecule has 8 nitrogen and oxygen atoms in total. The predicted octanol–water partition coefficient (Wildman–Crippen LogP) is 4.83. The summed E-state index contributed by atoms with van der Waals surface area (Å²) in [7, 11) is 1.96. The molecule has 2 amide bonds. The number of likely N-dealkylation sites (tertiary alicyclic amines) is 1. The Hall–Kier alpha value is -3.87. The summed E-state index contributed by atoms with van der Waals surface area (Å²) in [6, 6.07) is 9.48. The van der Waals surface area contributed by atoms with Crippen LogP contribution >= 0.6 is 11.3 Å². The number of aryl methyl sites for hydroxylation is 1. The quantitative estimate of drug-likeness (QED) is 0.340. The van der Waals surface area contributed by atoms with E-state index < -0.39 is 12.1 Å². The Bertz CT molecular complexity index is 1370. The third-order valence-electron chi connectivity index (χ3n) is 7.24. The SMILES string of the molecule is C=C(C#N)C1=C(/C=C\C)CN(C(C(=O)N2CCCC2C=O)C(C)C)C1=O.CNCc1ccc(-c2scnc2C)cc1. The molecule has 2 aliphatic heterocycles. The third kappa shape index (κ3) is 7.26. The summed E-state index contributed by atoms with van der Waals surface area (Å²) in [4.78, 5) is 46.0. The molecule has 0 radical (unpaired) electrons. The van der Waals surface area contributed by atoms with Gasteiger partial charge in [-0.15, -0.1) is 11.3 Å². The first-order chi connectivity index (χ1) is 19.7. The minimum Gasteiger partial charge on any atom is -0.331 e. The van der Waals surface area contributed by atoms with Crippen LogP contribution in [0.15, 0.2) is 65.2 Å². The number of rotatable bonds is 9. The van der Waals surface area contributed by atoms with Crippen molar-refractivity contribution in [2.24, 2.45) is 5.92 Å². The van der Waals surface area contributed by atoms with Gasteiger partial charge in [0.1, 0.15) is 12.3 Å². The van der Waals surface area contributed by atoms with Gasteiger partial charge in [0, 0.05) is 19.6 Å². The first kappa shape index (κ1) is 31.7. The molecule has 0 bridgehead atoms. The second-order valence-electron chi connectivity index (χ2n) is 10.5. The van der Waals surface area contributed by atoms with Gasteiger partial charge in [-0.25, -0.2) is 4.98 Å². The van der Waals surface area contributed by atoms with Crippen molar-refractivity contribution in [1.29, 1.82) is 5.26 Å². The van der Waals surface area contributed by atoms with Crippen LogP contribution in [-0.4, -0.2) is 65.1 Å². The van der Waals surface area contributed by atoms with Crippen molar-refractivity contribution < 1.29 is 14.4 Å². The van der Waals surface area contributed by atoms with Crippen molar-refractivity contribution in [2.75, 3.05) is 20.1 Å². The van der Waals surface area contributed by atoms with Gasteiger partial charge in [-0.3, -0.25) is 9.59 Å². The minimum absolute atomic E-state index is 0.104. The van der Waals surface area contributed by atoms with Crippen LogP contribution in [-0.2, 0) is 20.9 Å². The Labute approximate surface area is 247 Å². The number of aldehydes is 1. The number of amides is 2. The Kier molecular flexibility index (Phi) is 11.3. The van der Waals surface area contributed by atoms with E-state index in [0.29, 0.717) is 18.5 Å². The monoisotopic (exact) mass is 573 g/mol. The number of nitrogens with one attached hydrogen (secondary N) is 1. The number of nitrogens with zero attached hydrogens (tertiary/aromatic N) is 4. The molecule has 2 atom stereocenters. The Morgan fingerprint density at radius 3 is 2.56 bits per heavy atom. The average Bonchev–Trinajstić information content (AvgIpc) is 3.69. The van der Waals surface area contributed by atoms with Gasteiger partial charge in [0.05, 0.1) is 39.3 Å². The van der Waals surface area contributed by atoms with Crippen LogP contribution in [0.4, 0.5) is 0 Å². The number of aromatic nitrogens is 1. The summed E-state index contributed by atoms with van der Waals surface area (Å²) in [5.74, 6) is -0.675. The van der Waals surface area contributed by atoms with Crippen LogP contribution in [0.25, 0.3) is 10.4 Å². The van der Waals surface area contributed by atoms with Crippen LogP contribution in [0.2, 0.25) is 0 Å². The molecule has 1 aromatic heterocycles. The lowest BCUT2D eigenvalue weighted by Crippen LogP contribution is -2.53. The lowest BCUT2D eigenvalue weighted by molar-refractivity contribution is -0.146. The average molecular weight is 574 g/mol. The fourth-order valence-corrected chi connectivity index (χ4v) is 6.08. The maximum absolute atomic E-state index is 13.1. The molecule has 2 unspecified atom stereocenters. The van der Waals surface area contributed by atoms with E-state index in [4.69, 9.17) is 0 Å². The zero-order valence-corrected chi connectivity index (χ0v) is 25.3. The summed E-state index contributed by atoms with van der Waals surface area (Å²) in [5.41, 5.74) is 6.65. The predicted molar refractivity (Wildman–Crippen MR) is 163 cm³/mol. The summed E-state index contributed by atoms with van der Waals surface area (Å²) in [6.07, 6.45) is 5.83. The highest BCUT2D eigenvalue weighted by molar-refractivity contribution is 7.13. The first-order valence-electron chi connectivity index (χ1n) is 13.8. The number of carbonyl (C=O) groups is 3. The van der Waals surface area contributed by atoms with Crippen molar-refractivity contribution in [1.82, 2.24) is 20.1 Å². The standard InChI is InChI=1S/C20H25N3O3.C12H14N2S/c1-5-7-15-11-23(19(25)17(15)14(4)10-21)18(13(2)3)20(26)22-9-6-8-16(22)12-24;1-9-12(15-8-14-9)11-5-3-10(4-6-11)7-13-2/h5,7,12-13,16,18H,4,6,8-9,11H2,1-3H3;3-6,8,13H,7H2,1-2H3/b7-5-;. The first-order valence-corrected chi connectivity index (χ1v) is 14.7. The van der Waals surface area contributed by atoms with Crippen LogP contribution < -0.4 is 5.32 Å². The minimum atomic E-state index is -0.674. The largest absolute Gasteiger partial charge is 0.331 e. The number of nitriles is 1. The summed E-state index contributed by atoms with van der Waals surface area (Å²) >= 11 is 1.70. The lowest BCUT2D eigenvalue weighted by atomic mass is 10.00. The zero-order chi connectivity index (χ0) is 30.1. The summed E-state index contributed by atoms with van der Waals surface area (Å²) in [5, 5.41) is 12.3. The van der Waals surface area contributed by atoms with E-state index in [9.17, 15) is 19.6 Å². The number of benzene rings is 1. The Morgan fingerprint density at radius 1 is 1.32 bits per heavy atom. The van der Waals surface area contributed by atoms with Crippen LogP contribution in [0.1, 0.15) is 44.9 Å². The van der Waals surface area contributed by atoms with E-state index in [-0.39, 0.29) is 35.4 Å². The van der Waals surface area contributed by atoms with Crippen LogP contribution in [0.5, 0.6) is 0 Å². The Morgan fingerprint density at radius 2 is 2.02 bits per heavy atom. The van der Waals surface area contributed by atoms with E-state index in [0.717, 1.165) is 24.9 Å². The molecule has 0 aliphatic carbocycles. The highest BCUT2D eigenvalue weighted by Crippen LogP contribution is 2.31. The van der Waals surface area contributed by atoms with E-state index >= 15 is 0 Å². The van der Waals surface area contributed by atoms with Crippen molar-refractivity contribution in [3.05, 3.63) is 76.5 Å². The molecule has 1 fully saturated rings. The molecule has 1 aromatic carbocycles. The van der Waals surface area contributed by atoms with Gasteiger partial charge in [0.15, 0.2) is 0 Å². The summed E-state index contributed by atoms with van der Waals surface area (Å²) < 4.78 is 0. The molecule has 4 rings (SSSR count).